The number of hydrogen-bond donors (Lipinski definition) is 1. The number of rotatable bonds is 5. The molecule has 0 saturated heterocycles. The lowest BCUT2D eigenvalue weighted by Gasteiger charge is -2.12. The quantitative estimate of drug-likeness (QED) is 0.531. The highest BCUT2D eigenvalue weighted by molar-refractivity contribution is 7.04. The van der Waals surface area contributed by atoms with Gasteiger partial charge in [0.2, 0.25) is 5.91 Å². The van der Waals surface area contributed by atoms with E-state index < -0.39 is 17.2 Å². The Bertz CT molecular complexity index is 1310. The van der Waals surface area contributed by atoms with E-state index in [0.29, 0.717) is 16.2 Å². The van der Waals surface area contributed by atoms with E-state index >= 15 is 0 Å². The summed E-state index contributed by atoms with van der Waals surface area (Å²) in [6, 6.07) is 16.0. The average molecular weight is 427 g/mol. The second-order valence-electron chi connectivity index (χ2n) is 6.32. The second-order valence-corrected chi connectivity index (χ2v) is 7.36. The fourth-order valence-corrected chi connectivity index (χ4v) is 3.84. The van der Waals surface area contributed by atoms with Gasteiger partial charge in [-0.05, 0) is 29.2 Å². The van der Waals surface area contributed by atoms with Crippen molar-refractivity contribution in [3.05, 3.63) is 91.4 Å². The van der Waals surface area contributed by atoms with Crippen LogP contribution in [0.3, 0.4) is 0 Å². The molecule has 0 aliphatic rings. The number of carbonyl (C=O) groups excluding carboxylic acids is 1. The molecule has 29 heavy (non-hydrogen) atoms. The van der Waals surface area contributed by atoms with Crippen LogP contribution < -0.4 is 16.6 Å². The van der Waals surface area contributed by atoms with Crippen molar-refractivity contribution in [2.24, 2.45) is 0 Å². The minimum Gasteiger partial charge on any atom is -0.323 e. The highest BCUT2D eigenvalue weighted by atomic mass is 35.5. The van der Waals surface area contributed by atoms with Crippen molar-refractivity contribution in [2.75, 3.05) is 5.32 Å². The van der Waals surface area contributed by atoms with Crippen LogP contribution in [0.1, 0.15) is 5.56 Å². The van der Waals surface area contributed by atoms with Crippen LogP contribution in [-0.2, 0) is 17.9 Å². The summed E-state index contributed by atoms with van der Waals surface area (Å²) in [6.45, 7) is -0.174. The molecule has 9 heteroatoms. The van der Waals surface area contributed by atoms with E-state index in [0.717, 1.165) is 21.7 Å². The van der Waals surface area contributed by atoms with Crippen LogP contribution in [0, 0.1) is 0 Å². The number of nitrogens with one attached hydrogen (secondary N) is 1. The molecule has 0 aliphatic heterocycles. The first-order chi connectivity index (χ1) is 14.0. The topological polar surface area (TPSA) is 86.0 Å². The summed E-state index contributed by atoms with van der Waals surface area (Å²) in [5.41, 5.74) is 0.705. The van der Waals surface area contributed by atoms with Crippen molar-refractivity contribution in [3.63, 3.8) is 0 Å². The third-order valence-electron chi connectivity index (χ3n) is 4.38. The Morgan fingerprint density at radius 2 is 1.76 bits per heavy atom. The molecule has 0 aliphatic carbocycles. The van der Waals surface area contributed by atoms with Crippen molar-refractivity contribution < 1.29 is 4.79 Å². The fourth-order valence-electron chi connectivity index (χ4n) is 2.99. The maximum atomic E-state index is 13.1. The monoisotopic (exact) mass is 426 g/mol. The SMILES string of the molecule is O=C(Cn1c(=O)n(Cc2ccccc2)c(=O)c2nscc21)Nc1ccccc1Cl. The summed E-state index contributed by atoms with van der Waals surface area (Å²) in [6.07, 6.45) is 0. The minimum atomic E-state index is -0.569. The summed E-state index contributed by atoms with van der Waals surface area (Å²) in [4.78, 5) is 38.4. The average Bonchev–Trinajstić information content (AvgIpc) is 3.21. The van der Waals surface area contributed by atoms with Crippen molar-refractivity contribution in [1.82, 2.24) is 13.5 Å². The van der Waals surface area contributed by atoms with Gasteiger partial charge in [0.05, 0.1) is 22.8 Å². The first-order valence-corrected chi connectivity index (χ1v) is 9.92. The molecule has 2 aromatic heterocycles. The Morgan fingerprint density at radius 1 is 1.03 bits per heavy atom. The summed E-state index contributed by atoms with van der Waals surface area (Å²) in [7, 11) is 0. The Kier molecular flexibility index (Phi) is 5.28. The van der Waals surface area contributed by atoms with Gasteiger partial charge >= 0.3 is 5.69 Å². The van der Waals surface area contributed by atoms with Crippen molar-refractivity contribution in [1.29, 1.82) is 0 Å². The Hall–Kier alpha value is -3.23. The van der Waals surface area contributed by atoms with E-state index in [1.807, 2.05) is 30.3 Å². The number of anilines is 1. The molecule has 1 amide bonds. The molecular weight excluding hydrogens is 412 g/mol. The molecular formula is C20H15ClN4O3S. The third-order valence-corrected chi connectivity index (χ3v) is 5.33. The van der Waals surface area contributed by atoms with E-state index in [1.54, 1.807) is 29.6 Å². The van der Waals surface area contributed by atoms with E-state index in [-0.39, 0.29) is 18.6 Å². The number of para-hydroxylation sites is 1. The van der Waals surface area contributed by atoms with Crippen molar-refractivity contribution in [2.45, 2.75) is 13.1 Å². The molecule has 4 aromatic rings. The summed E-state index contributed by atoms with van der Waals surface area (Å²) >= 11 is 7.14. The number of benzene rings is 2. The zero-order valence-electron chi connectivity index (χ0n) is 15.0. The number of carbonyl (C=O) groups is 1. The van der Waals surface area contributed by atoms with Gasteiger partial charge in [-0.25, -0.2) is 4.79 Å². The highest BCUT2D eigenvalue weighted by Gasteiger charge is 2.18. The van der Waals surface area contributed by atoms with Gasteiger partial charge in [-0.15, -0.1) is 0 Å². The van der Waals surface area contributed by atoms with Crippen molar-refractivity contribution >= 4 is 45.8 Å². The van der Waals surface area contributed by atoms with Gasteiger partial charge in [0, 0.05) is 5.38 Å². The Balaban J connectivity index is 1.73. The van der Waals surface area contributed by atoms with E-state index in [1.165, 1.54) is 4.57 Å². The summed E-state index contributed by atoms with van der Waals surface area (Å²) < 4.78 is 6.48. The molecule has 0 radical (unpaired) electrons. The molecule has 4 rings (SSSR count). The molecule has 0 fully saturated rings. The van der Waals surface area contributed by atoms with Gasteiger partial charge in [-0.1, -0.05) is 54.1 Å². The number of fused-ring (bicyclic) bond motifs is 1. The third kappa shape index (κ3) is 3.85. The first-order valence-electron chi connectivity index (χ1n) is 8.70. The summed E-state index contributed by atoms with van der Waals surface area (Å²) in [5.74, 6) is -0.433. The minimum absolute atomic E-state index is 0.0953. The van der Waals surface area contributed by atoms with Gasteiger partial charge in [0.15, 0.2) is 5.52 Å². The van der Waals surface area contributed by atoms with E-state index in [2.05, 4.69) is 9.69 Å². The molecule has 0 bridgehead atoms. The van der Waals surface area contributed by atoms with E-state index in [9.17, 15) is 14.4 Å². The zero-order chi connectivity index (χ0) is 20.4. The molecule has 0 unspecified atom stereocenters. The molecule has 0 saturated carbocycles. The lowest BCUT2D eigenvalue weighted by molar-refractivity contribution is -0.116. The second kappa shape index (κ2) is 8.02. The fraction of sp³-hybridized carbons (Fsp3) is 0.100. The molecule has 2 aromatic carbocycles. The maximum Gasteiger partial charge on any atom is 0.332 e. The first kappa shape index (κ1) is 19.1. The Labute approximate surface area is 174 Å². The number of amides is 1. The van der Waals surface area contributed by atoms with Crippen LogP contribution in [-0.4, -0.2) is 19.4 Å². The molecule has 0 spiro atoms. The van der Waals surface area contributed by atoms with Crippen LogP contribution in [0.5, 0.6) is 0 Å². The Morgan fingerprint density at radius 3 is 2.52 bits per heavy atom. The van der Waals surface area contributed by atoms with Crippen LogP contribution in [0.4, 0.5) is 5.69 Å². The number of nitrogens with zero attached hydrogens (tertiary/aromatic N) is 3. The summed E-state index contributed by atoms with van der Waals surface area (Å²) in [5, 5.41) is 4.68. The lowest BCUT2D eigenvalue weighted by atomic mass is 10.2. The van der Waals surface area contributed by atoms with Crippen molar-refractivity contribution in [3.8, 4) is 0 Å². The molecule has 1 N–H and O–H groups in total. The van der Waals surface area contributed by atoms with Crippen LogP contribution in [0.15, 0.2) is 69.6 Å². The normalized spacial score (nSPS) is 10.9. The van der Waals surface area contributed by atoms with Crippen LogP contribution in [0.2, 0.25) is 5.02 Å². The predicted molar refractivity (Wildman–Crippen MR) is 114 cm³/mol. The van der Waals surface area contributed by atoms with Crippen LogP contribution >= 0.6 is 23.1 Å². The number of halogens is 1. The molecule has 2 heterocycles. The molecule has 7 nitrogen and oxygen atoms in total. The number of hydrogen-bond acceptors (Lipinski definition) is 5. The maximum absolute atomic E-state index is 13.1. The predicted octanol–water partition coefficient (Wildman–Crippen LogP) is 2.96. The largest absolute Gasteiger partial charge is 0.332 e. The lowest BCUT2D eigenvalue weighted by Crippen LogP contribution is -2.41. The van der Waals surface area contributed by atoms with Gasteiger partial charge in [-0.3, -0.25) is 18.7 Å². The van der Waals surface area contributed by atoms with Gasteiger partial charge < -0.3 is 5.32 Å². The molecule has 0 atom stereocenters. The van der Waals surface area contributed by atoms with Crippen LogP contribution in [0.25, 0.3) is 11.0 Å². The van der Waals surface area contributed by atoms with Gasteiger partial charge in [-0.2, -0.15) is 4.37 Å². The van der Waals surface area contributed by atoms with E-state index in [4.69, 9.17) is 11.6 Å². The molecule has 146 valence electrons. The zero-order valence-corrected chi connectivity index (χ0v) is 16.6. The smallest absolute Gasteiger partial charge is 0.323 e. The standard InChI is InChI=1S/C20H15ClN4O3S/c21-14-8-4-5-9-15(14)22-17(26)11-24-16-12-29-23-18(16)19(27)25(20(24)28)10-13-6-2-1-3-7-13/h1-9,12H,10-11H2,(H,22,26). The van der Waals surface area contributed by atoms with Gasteiger partial charge in [0.25, 0.3) is 5.56 Å². The number of aromatic nitrogens is 3. The van der Waals surface area contributed by atoms with Gasteiger partial charge in [0.1, 0.15) is 6.54 Å². The highest BCUT2D eigenvalue weighted by Crippen LogP contribution is 2.20.